The fraction of sp³-hybridized carbons (Fsp3) is 0.211. The summed E-state index contributed by atoms with van der Waals surface area (Å²) >= 11 is 0. The molecule has 3 rings (SSSR count). The van der Waals surface area contributed by atoms with Crippen LogP contribution >= 0.6 is 0 Å². The van der Waals surface area contributed by atoms with Crippen LogP contribution < -0.4 is 4.90 Å². The van der Waals surface area contributed by atoms with Crippen molar-refractivity contribution >= 4 is 22.9 Å². The summed E-state index contributed by atoms with van der Waals surface area (Å²) in [4.78, 5) is 16.8. The third kappa shape index (κ3) is 2.19. The lowest BCUT2D eigenvalue weighted by molar-refractivity contribution is -0.112. The SMILES string of the molecule is C/C(=C1/C(=O)N(c2ccc(C)cc2)c2ccccc21)N(C)C. The largest absolute Gasteiger partial charge is 0.381 e. The molecule has 1 heterocycles. The summed E-state index contributed by atoms with van der Waals surface area (Å²) in [6, 6.07) is 16.0. The Bertz CT molecular complexity index is 757. The molecule has 0 fully saturated rings. The van der Waals surface area contributed by atoms with Crippen LogP contribution in [0.15, 0.2) is 54.2 Å². The number of rotatable bonds is 2. The smallest absolute Gasteiger partial charge is 0.265 e. The van der Waals surface area contributed by atoms with Gasteiger partial charge < -0.3 is 4.90 Å². The fourth-order valence-corrected chi connectivity index (χ4v) is 2.74. The molecule has 0 atom stereocenters. The third-order valence-corrected chi connectivity index (χ3v) is 4.16. The Morgan fingerprint density at radius 3 is 2.27 bits per heavy atom. The third-order valence-electron chi connectivity index (χ3n) is 4.16. The van der Waals surface area contributed by atoms with Gasteiger partial charge in [0, 0.05) is 31.0 Å². The zero-order valence-electron chi connectivity index (χ0n) is 13.4. The lowest BCUT2D eigenvalue weighted by atomic mass is 10.1. The van der Waals surface area contributed by atoms with E-state index < -0.39 is 0 Å². The van der Waals surface area contributed by atoms with Gasteiger partial charge in [0.15, 0.2) is 0 Å². The van der Waals surface area contributed by atoms with Crippen LogP contribution in [0.2, 0.25) is 0 Å². The Morgan fingerprint density at radius 1 is 1.00 bits per heavy atom. The van der Waals surface area contributed by atoms with Crippen LogP contribution in [0.5, 0.6) is 0 Å². The minimum atomic E-state index is 0.0382. The van der Waals surface area contributed by atoms with Gasteiger partial charge in [-0.25, -0.2) is 0 Å². The Hall–Kier alpha value is -2.55. The van der Waals surface area contributed by atoms with Crippen LogP contribution in [0, 0.1) is 6.92 Å². The van der Waals surface area contributed by atoms with Crippen molar-refractivity contribution in [2.24, 2.45) is 0 Å². The van der Waals surface area contributed by atoms with E-state index in [0.717, 1.165) is 28.2 Å². The average Bonchev–Trinajstić information content (AvgIpc) is 2.79. The van der Waals surface area contributed by atoms with E-state index in [4.69, 9.17) is 0 Å². The zero-order chi connectivity index (χ0) is 15.9. The summed E-state index contributed by atoms with van der Waals surface area (Å²) in [7, 11) is 3.93. The second-order valence-corrected chi connectivity index (χ2v) is 5.85. The molecular weight excluding hydrogens is 272 g/mol. The van der Waals surface area contributed by atoms with Crippen molar-refractivity contribution in [2.45, 2.75) is 13.8 Å². The Labute approximate surface area is 131 Å². The highest BCUT2D eigenvalue weighted by atomic mass is 16.2. The summed E-state index contributed by atoms with van der Waals surface area (Å²) in [5.74, 6) is 0.0382. The first-order valence-electron chi connectivity index (χ1n) is 7.39. The topological polar surface area (TPSA) is 23.6 Å². The number of para-hydroxylation sites is 1. The molecule has 3 nitrogen and oxygen atoms in total. The maximum absolute atomic E-state index is 13.0. The number of carbonyl (C=O) groups is 1. The number of nitrogens with zero attached hydrogens (tertiary/aromatic N) is 2. The van der Waals surface area contributed by atoms with E-state index in [9.17, 15) is 4.79 Å². The molecule has 3 heteroatoms. The standard InChI is InChI=1S/C19H20N2O/c1-13-9-11-15(12-10-13)21-17-8-6-5-7-16(17)18(19(21)22)14(2)20(3)4/h5-12H,1-4H3/b18-14-. The summed E-state index contributed by atoms with van der Waals surface area (Å²) in [6.45, 7) is 4.04. The maximum Gasteiger partial charge on any atom is 0.265 e. The molecule has 1 aliphatic rings. The number of fused-ring (bicyclic) bond motifs is 1. The van der Waals surface area contributed by atoms with Crippen molar-refractivity contribution in [2.75, 3.05) is 19.0 Å². The Morgan fingerprint density at radius 2 is 1.64 bits per heavy atom. The quantitative estimate of drug-likeness (QED) is 0.782. The van der Waals surface area contributed by atoms with Gasteiger partial charge in [0.05, 0.1) is 11.3 Å². The molecule has 2 aromatic carbocycles. The molecule has 0 unspecified atom stereocenters. The maximum atomic E-state index is 13.0. The zero-order valence-corrected chi connectivity index (χ0v) is 13.4. The van der Waals surface area contributed by atoms with E-state index in [1.54, 1.807) is 4.90 Å². The van der Waals surface area contributed by atoms with Gasteiger partial charge >= 0.3 is 0 Å². The number of aryl methyl sites for hydroxylation is 1. The number of amides is 1. The molecule has 0 aromatic heterocycles. The molecular formula is C19H20N2O. The molecule has 0 radical (unpaired) electrons. The van der Waals surface area contributed by atoms with E-state index in [0.29, 0.717) is 0 Å². The van der Waals surface area contributed by atoms with Crippen LogP contribution in [0.1, 0.15) is 18.1 Å². The van der Waals surface area contributed by atoms with Crippen molar-refractivity contribution < 1.29 is 4.79 Å². The van der Waals surface area contributed by atoms with Crippen molar-refractivity contribution in [3.8, 4) is 0 Å². The van der Waals surface area contributed by atoms with Gasteiger partial charge in [-0.2, -0.15) is 0 Å². The molecule has 0 bridgehead atoms. The molecule has 1 aliphatic heterocycles. The molecule has 112 valence electrons. The van der Waals surface area contributed by atoms with Crippen molar-refractivity contribution in [1.29, 1.82) is 0 Å². The number of hydrogen-bond acceptors (Lipinski definition) is 2. The van der Waals surface area contributed by atoms with Crippen molar-refractivity contribution in [1.82, 2.24) is 4.90 Å². The first-order chi connectivity index (χ1) is 10.5. The van der Waals surface area contributed by atoms with E-state index in [-0.39, 0.29) is 5.91 Å². The summed E-state index contributed by atoms with van der Waals surface area (Å²) in [6.07, 6.45) is 0. The molecule has 22 heavy (non-hydrogen) atoms. The number of hydrogen-bond donors (Lipinski definition) is 0. The highest BCUT2D eigenvalue weighted by Crippen LogP contribution is 2.42. The van der Waals surface area contributed by atoms with E-state index in [1.165, 1.54) is 5.56 Å². The lowest BCUT2D eigenvalue weighted by Gasteiger charge is -2.18. The molecule has 0 spiro atoms. The van der Waals surface area contributed by atoms with Gasteiger partial charge in [-0.3, -0.25) is 9.69 Å². The molecule has 0 aliphatic carbocycles. The first-order valence-corrected chi connectivity index (χ1v) is 7.39. The highest BCUT2D eigenvalue weighted by molar-refractivity contribution is 6.35. The van der Waals surface area contributed by atoms with Crippen molar-refractivity contribution in [3.05, 3.63) is 65.4 Å². The summed E-state index contributed by atoms with van der Waals surface area (Å²) in [5, 5.41) is 0. The highest BCUT2D eigenvalue weighted by Gasteiger charge is 2.34. The van der Waals surface area contributed by atoms with Gasteiger partial charge in [-0.15, -0.1) is 0 Å². The van der Waals surface area contributed by atoms with E-state index >= 15 is 0 Å². The summed E-state index contributed by atoms with van der Waals surface area (Å²) < 4.78 is 0. The Kier molecular flexibility index (Phi) is 3.49. The van der Waals surface area contributed by atoms with E-state index in [2.05, 4.69) is 0 Å². The minimum absolute atomic E-state index is 0.0382. The monoisotopic (exact) mass is 292 g/mol. The number of anilines is 2. The summed E-state index contributed by atoms with van der Waals surface area (Å²) in [5.41, 5.74) is 5.80. The van der Waals surface area contributed by atoms with Crippen LogP contribution in [-0.4, -0.2) is 24.9 Å². The number of allylic oxidation sites excluding steroid dienone is 1. The predicted molar refractivity (Wildman–Crippen MR) is 91.0 cm³/mol. The molecule has 1 amide bonds. The predicted octanol–water partition coefficient (Wildman–Crippen LogP) is 3.97. The van der Waals surface area contributed by atoms with Crippen LogP contribution in [0.3, 0.4) is 0 Å². The average molecular weight is 292 g/mol. The van der Waals surface area contributed by atoms with Gasteiger partial charge in [-0.05, 0) is 32.0 Å². The van der Waals surface area contributed by atoms with Gasteiger partial charge in [-0.1, -0.05) is 35.9 Å². The molecule has 0 N–H and O–H groups in total. The number of carbonyl (C=O) groups excluding carboxylic acids is 1. The van der Waals surface area contributed by atoms with E-state index in [1.807, 2.05) is 81.4 Å². The van der Waals surface area contributed by atoms with Crippen molar-refractivity contribution in [3.63, 3.8) is 0 Å². The van der Waals surface area contributed by atoms with Gasteiger partial charge in [0.2, 0.25) is 0 Å². The van der Waals surface area contributed by atoms with Gasteiger partial charge in [0.1, 0.15) is 0 Å². The first kappa shape index (κ1) is 14.4. The molecule has 0 saturated carbocycles. The van der Waals surface area contributed by atoms with Crippen LogP contribution in [-0.2, 0) is 4.79 Å². The molecule has 2 aromatic rings. The minimum Gasteiger partial charge on any atom is -0.381 e. The second-order valence-electron chi connectivity index (χ2n) is 5.85. The normalized spacial score (nSPS) is 15.8. The van der Waals surface area contributed by atoms with Gasteiger partial charge in [0.25, 0.3) is 5.91 Å². The van der Waals surface area contributed by atoms with Crippen LogP contribution in [0.25, 0.3) is 5.57 Å². The lowest BCUT2D eigenvalue weighted by Crippen LogP contribution is -2.22. The fourth-order valence-electron chi connectivity index (χ4n) is 2.74. The van der Waals surface area contributed by atoms with Crippen LogP contribution in [0.4, 0.5) is 11.4 Å². The second kappa shape index (κ2) is 5.34. The Balaban J connectivity index is 2.20. The number of benzene rings is 2. The molecule has 0 saturated heterocycles.